The van der Waals surface area contributed by atoms with Crippen LogP contribution in [0.1, 0.15) is 29.8 Å². The lowest BCUT2D eigenvalue weighted by Crippen LogP contribution is -2.39. The fourth-order valence-electron chi connectivity index (χ4n) is 2.39. The minimum Gasteiger partial charge on any atom is -0.478 e. The van der Waals surface area contributed by atoms with Crippen LogP contribution in [0, 0.1) is 11.2 Å². The number of carbonyl (C=O) groups is 2. The maximum atomic E-state index is 13.2. The van der Waals surface area contributed by atoms with E-state index in [1.165, 1.54) is 19.2 Å². The number of methoxy groups -OCH3 is 1. The van der Waals surface area contributed by atoms with E-state index in [9.17, 15) is 19.1 Å². The third kappa shape index (κ3) is 2.49. The molecule has 1 aromatic carbocycles. The quantitative estimate of drug-likeness (QED) is 0.834. The van der Waals surface area contributed by atoms with E-state index in [1.54, 1.807) is 19.9 Å². The second kappa shape index (κ2) is 5.20. The van der Waals surface area contributed by atoms with Gasteiger partial charge in [0, 0.05) is 17.3 Å². The number of ether oxygens (including phenoxy) is 1. The van der Waals surface area contributed by atoms with Crippen molar-refractivity contribution in [3.63, 3.8) is 0 Å². The van der Waals surface area contributed by atoms with Gasteiger partial charge in [0.15, 0.2) is 0 Å². The lowest BCUT2D eigenvalue weighted by atomic mass is 9.85. The van der Waals surface area contributed by atoms with Gasteiger partial charge in [-0.3, -0.25) is 4.79 Å². The van der Waals surface area contributed by atoms with E-state index in [2.05, 4.69) is 5.32 Å². The molecule has 0 aromatic heterocycles. The molecule has 1 heterocycles. The standard InChI is InChI=1S/C15H16FNO4/c1-8-15(2,14(20)21-3)7-12(17-8)10-5-4-9(16)6-11(10)13(18)19/h4-8,17H,1-3H3,(H,18,19). The van der Waals surface area contributed by atoms with Crippen LogP contribution >= 0.6 is 0 Å². The normalized spacial score (nSPS) is 24.2. The molecule has 2 atom stereocenters. The predicted molar refractivity (Wildman–Crippen MR) is 74.1 cm³/mol. The van der Waals surface area contributed by atoms with Gasteiger partial charge < -0.3 is 15.2 Å². The number of hydrogen-bond acceptors (Lipinski definition) is 4. The first-order chi connectivity index (χ1) is 9.79. The van der Waals surface area contributed by atoms with Gasteiger partial charge in [-0.2, -0.15) is 0 Å². The predicted octanol–water partition coefficient (Wildman–Crippen LogP) is 2.04. The number of carbonyl (C=O) groups excluding carboxylic acids is 1. The molecule has 0 saturated carbocycles. The molecule has 1 aliphatic rings. The fraction of sp³-hybridized carbons (Fsp3) is 0.333. The number of esters is 1. The average molecular weight is 293 g/mol. The molecule has 0 radical (unpaired) electrons. The number of benzene rings is 1. The molecule has 6 heteroatoms. The second-order valence-corrected chi connectivity index (χ2v) is 5.19. The monoisotopic (exact) mass is 293 g/mol. The highest BCUT2D eigenvalue weighted by atomic mass is 19.1. The van der Waals surface area contributed by atoms with Crippen LogP contribution in [0.5, 0.6) is 0 Å². The van der Waals surface area contributed by atoms with Crippen LogP contribution in [0.2, 0.25) is 0 Å². The molecule has 0 spiro atoms. The van der Waals surface area contributed by atoms with Crippen molar-refractivity contribution in [2.24, 2.45) is 5.41 Å². The number of hydrogen-bond donors (Lipinski definition) is 2. The first kappa shape index (κ1) is 15.0. The Kier molecular flexibility index (Phi) is 3.72. The molecule has 0 bridgehead atoms. The highest BCUT2D eigenvalue weighted by molar-refractivity contribution is 5.95. The van der Waals surface area contributed by atoms with E-state index in [-0.39, 0.29) is 11.6 Å². The van der Waals surface area contributed by atoms with Crippen LogP contribution in [-0.4, -0.2) is 30.2 Å². The van der Waals surface area contributed by atoms with Gasteiger partial charge in [-0.25, -0.2) is 9.18 Å². The molecule has 5 nitrogen and oxygen atoms in total. The SMILES string of the molecule is COC(=O)C1(C)C=C(c2ccc(F)cc2C(=O)O)NC1C. The maximum absolute atomic E-state index is 13.2. The number of carboxylic acids is 1. The van der Waals surface area contributed by atoms with E-state index in [4.69, 9.17) is 4.74 Å². The Morgan fingerprint density at radius 3 is 2.67 bits per heavy atom. The van der Waals surface area contributed by atoms with Crippen molar-refractivity contribution in [1.82, 2.24) is 5.32 Å². The van der Waals surface area contributed by atoms with Crippen molar-refractivity contribution in [3.8, 4) is 0 Å². The van der Waals surface area contributed by atoms with E-state index in [0.29, 0.717) is 11.3 Å². The van der Waals surface area contributed by atoms with Gasteiger partial charge in [-0.05, 0) is 38.1 Å². The molecule has 0 aliphatic carbocycles. The molecular formula is C15H16FNO4. The molecule has 0 saturated heterocycles. The third-order valence-electron chi connectivity index (χ3n) is 3.84. The lowest BCUT2D eigenvalue weighted by molar-refractivity contribution is -0.149. The zero-order valence-corrected chi connectivity index (χ0v) is 11.9. The molecular weight excluding hydrogens is 277 g/mol. The Bertz CT molecular complexity index is 641. The fourth-order valence-corrected chi connectivity index (χ4v) is 2.39. The van der Waals surface area contributed by atoms with Crippen molar-refractivity contribution in [3.05, 3.63) is 41.2 Å². The van der Waals surface area contributed by atoms with Gasteiger partial charge >= 0.3 is 11.9 Å². The smallest absolute Gasteiger partial charge is 0.336 e. The zero-order chi connectivity index (χ0) is 15.8. The highest BCUT2D eigenvalue weighted by Crippen LogP contribution is 2.36. The first-order valence-corrected chi connectivity index (χ1v) is 6.40. The van der Waals surface area contributed by atoms with Crippen LogP contribution in [0.4, 0.5) is 4.39 Å². The number of nitrogens with one attached hydrogen (secondary N) is 1. The summed E-state index contributed by atoms with van der Waals surface area (Å²) in [6.07, 6.45) is 1.63. The number of carboxylic acid groups (broad SMARTS) is 1. The Hall–Kier alpha value is -2.37. The Balaban J connectivity index is 2.52. The van der Waals surface area contributed by atoms with E-state index in [1.807, 2.05) is 0 Å². The molecule has 1 aliphatic heterocycles. The summed E-state index contributed by atoms with van der Waals surface area (Å²) in [5.41, 5.74) is -0.250. The van der Waals surface area contributed by atoms with Crippen molar-refractivity contribution in [2.75, 3.05) is 7.11 Å². The van der Waals surface area contributed by atoms with Crippen molar-refractivity contribution in [2.45, 2.75) is 19.9 Å². The van der Waals surface area contributed by atoms with Gasteiger partial charge in [0.05, 0.1) is 12.7 Å². The maximum Gasteiger partial charge on any atom is 0.336 e. The number of halogens is 1. The molecule has 0 fully saturated rings. The Labute approximate surface area is 121 Å². The molecule has 2 rings (SSSR count). The molecule has 1 aromatic rings. The summed E-state index contributed by atoms with van der Waals surface area (Å²) in [4.78, 5) is 23.2. The van der Waals surface area contributed by atoms with E-state index in [0.717, 1.165) is 6.07 Å². The van der Waals surface area contributed by atoms with Crippen LogP contribution in [-0.2, 0) is 9.53 Å². The minimum atomic E-state index is -1.23. The summed E-state index contributed by atoms with van der Waals surface area (Å²) in [5, 5.41) is 12.3. The van der Waals surface area contributed by atoms with Gasteiger partial charge in [-0.1, -0.05) is 0 Å². The molecule has 0 amide bonds. The summed E-state index contributed by atoms with van der Waals surface area (Å²) in [5.74, 6) is -2.28. The van der Waals surface area contributed by atoms with Crippen LogP contribution < -0.4 is 5.32 Å². The summed E-state index contributed by atoms with van der Waals surface area (Å²) >= 11 is 0. The lowest BCUT2D eigenvalue weighted by Gasteiger charge is -2.24. The molecule has 2 unspecified atom stereocenters. The summed E-state index contributed by atoms with van der Waals surface area (Å²) < 4.78 is 18.0. The van der Waals surface area contributed by atoms with Gasteiger partial charge in [-0.15, -0.1) is 0 Å². The topological polar surface area (TPSA) is 75.6 Å². The summed E-state index contributed by atoms with van der Waals surface area (Å²) in [7, 11) is 1.30. The Morgan fingerprint density at radius 2 is 2.10 bits per heavy atom. The average Bonchev–Trinajstić information content (AvgIpc) is 2.74. The third-order valence-corrected chi connectivity index (χ3v) is 3.84. The largest absolute Gasteiger partial charge is 0.478 e. The molecule has 2 N–H and O–H groups in total. The molecule has 112 valence electrons. The van der Waals surface area contributed by atoms with Gasteiger partial charge in [0.2, 0.25) is 0 Å². The van der Waals surface area contributed by atoms with Crippen LogP contribution in [0.25, 0.3) is 5.70 Å². The minimum absolute atomic E-state index is 0.157. The first-order valence-electron chi connectivity index (χ1n) is 6.40. The highest BCUT2D eigenvalue weighted by Gasteiger charge is 2.43. The van der Waals surface area contributed by atoms with Crippen LogP contribution in [0.15, 0.2) is 24.3 Å². The number of rotatable bonds is 3. The zero-order valence-electron chi connectivity index (χ0n) is 11.9. The van der Waals surface area contributed by atoms with Crippen LogP contribution in [0.3, 0.4) is 0 Å². The summed E-state index contributed by atoms with van der Waals surface area (Å²) in [6.45, 7) is 3.50. The second-order valence-electron chi connectivity index (χ2n) is 5.19. The Morgan fingerprint density at radius 1 is 1.43 bits per heavy atom. The van der Waals surface area contributed by atoms with Gasteiger partial charge in [0.1, 0.15) is 11.2 Å². The number of aromatic carboxylic acids is 1. The van der Waals surface area contributed by atoms with Crippen molar-refractivity contribution in [1.29, 1.82) is 0 Å². The molecule has 21 heavy (non-hydrogen) atoms. The summed E-state index contributed by atoms with van der Waals surface area (Å²) in [6, 6.07) is 3.25. The van der Waals surface area contributed by atoms with Crippen molar-refractivity contribution >= 4 is 17.6 Å². The van der Waals surface area contributed by atoms with Crippen molar-refractivity contribution < 1.29 is 23.8 Å². The van der Waals surface area contributed by atoms with Gasteiger partial charge in [0.25, 0.3) is 0 Å². The van der Waals surface area contributed by atoms with E-state index < -0.39 is 23.2 Å². The van der Waals surface area contributed by atoms with E-state index >= 15 is 0 Å².